The molecule has 5 nitrogen and oxygen atoms in total. The molecule has 84 valence electrons. The van der Waals surface area contributed by atoms with Gasteiger partial charge in [0.1, 0.15) is 0 Å². The highest BCUT2D eigenvalue weighted by Crippen LogP contribution is 2.06. The van der Waals surface area contributed by atoms with Crippen LogP contribution in [0.2, 0.25) is 0 Å². The van der Waals surface area contributed by atoms with Crippen LogP contribution < -0.4 is 0 Å². The molecule has 1 aliphatic rings. The third kappa shape index (κ3) is 3.20. The van der Waals surface area contributed by atoms with E-state index in [4.69, 9.17) is 5.11 Å². The van der Waals surface area contributed by atoms with Gasteiger partial charge >= 0.3 is 0 Å². The summed E-state index contributed by atoms with van der Waals surface area (Å²) in [5.74, 6) is 0. The summed E-state index contributed by atoms with van der Waals surface area (Å²) >= 11 is 1.41. The number of hydrogen-bond donors (Lipinski definition) is 1. The van der Waals surface area contributed by atoms with Crippen molar-refractivity contribution in [3.8, 4) is 0 Å². The molecule has 2 heterocycles. The Bertz CT molecular complexity index is 272. The van der Waals surface area contributed by atoms with E-state index in [2.05, 4.69) is 19.4 Å². The number of aliphatic hydroxyl groups is 1. The van der Waals surface area contributed by atoms with Gasteiger partial charge in [-0.05, 0) is 11.5 Å². The zero-order valence-electron chi connectivity index (χ0n) is 8.67. The maximum Gasteiger partial charge on any atom is 0.0895 e. The van der Waals surface area contributed by atoms with Gasteiger partial charge in [0.2, 0.25) is 0 Å². The van der Waals surface area contributed by atoms with Crippen LogP contribution in [0.15, 0.2) is 5.38 Å². The zero-order chi connectivity index (χ0) is 10.5. The van der Waals surface area contributed by atoms with Crippen molar-refractivity contribution in [2.24, 2.45) is 0 Å². The highest BCUT2D eigenvalue weighted by molar-refractivity contribution is 7.03. The molecular weight excluding hydrogens is 212 g/mol. The lowest BCUT2D eigenvalue weighted by Gasteiger charge is -2.33. The number of nitrogens with zero attached hydrogens (tertiary/aromatic N) is 4. The standard InChI is InChI=1S/C9H16N4OS/c14-6-5-12-1-3-13(4-2-12)7-9-8-15-11-10-9/h8,14H,1-7H2. The first-order valence-electron chi connectivity index (χ1n) is 5.20. The molecule has 15 heavy (non-hydrogen) atoms. The van der Waals surface area contributed by atoms with Gasteiger partial charge in [0.25, 0.3) is 0 Å². The second-order valence-corrected chi connectivity index (χ2v) is 4.35. The molecule has 0 amide bonds. The Morgan fingerprint density at radius 2 is 2.00 bits per heavy atom. The molecule has 0 saturated carbocycles. The first-order chi connectivity index (χ1) is 7.38. The molecule has 0 atom stereocenters. The Kier molecular flexibility index (Phi) is 4.01. The summed E-state index contributed by atoms with van der Waals surface area (Å²) < 4.78 is 3.85. The summed E-state index contributed by atoms with van der Waals surface area (Å²) in [7, 11) is 0. The van der Waals surface area contributed by atoms with Gasteiger partial charge in [-0.2, -0.15) is 0 Å². The Morgan fingerprint density at radius 3 is 2.60 bits per heavy atom. The lowest BCUT2D eigenvalue weighted by molar-refractivity contribution is 0.107. The smallest absolute Gasteiger partial charge is 0.0895 e. The molecule has 0 aliphatic carbocycles. The lowest BCUT2D eigenvalue weighted by atomic mass is 10.3. The van der Waals surface area contributed by atoms with Crippen LogP contribution in [0.5, 0.6) is 0 Å². The Hall–Kier alpha value is -0.560. The second-order valence-electron chi connectivity index (χ2n) is 3.74. The summed E-state index contributed by atoms with van der Waals surface area (Å²) in [6.45, 7) is 6.15. The average molecular weight is 228 g/mol. The predicted octanol–water partition coefficient (Wildman–Crippen LogP) is -0.352. The lowest BCUT2D eigenvalue weighted by Crippen LogP contribution is -2.46. The molecule has 1 aromatic heterocycles. The number of rotatable bonds is 4. The van der Waals surface area contributed by atoms with E-state index in [0.29, 0.717) is 0 Å². The summed E-state index contributed by atoms with van der Waals surface area (Å²) in [5, 5.41) is 14.9. The molecule has 0 unspecified atom stereocenters. The van der Waals surface area contributed by atoms with Crippen LogP contribution in [0.4, 0.5) is 0 Å². The van der Waals surface area contributed by atoms with E-state index in [1.54, 1.807) is 0 Å². The quantitative estimate of drug-likeness (QED) is 0.763. The van der Waals surface area contributed by atoms with Crippen molar-refractivity contribution in [1.82, 2.24) is 19.4 Å². The van der Waals surface area contributed by atoms with Crippen LogP contribution in [0, 0.1) is 0 Å². The van der Waals surface area contributed by atoms with Crippen molar-refractivity contribution in [3.63, 3.8) is 0 Å². The van der Waals surface area contributed by atoms with Gasteiger partial charge in [-0.1, -0.05) is 4.49 Å². The van der Waals surface area contributed by atoms with Crippen LogP contribution in [-0.2, 0) is 6.54 Å². The summed E-state index contributed by atoms with van der Waals surface area (Å²) in [6, 6.07) is 0. The third-order valence-electron chi connectivity index (χ3n) is 2.67. The molecule has 0 bridgehead atoms. The van der Waals surface area contributed by atoms with Crippen molar-refractivity contribution >= 4 is 11.5 Å². The summed E-state index contributed by atoms with van der Waals surface area (Å²) in [6.07, 6.45) is 0. The van der Waals surface area contributed by atoms with Crippen molar-refractivity contribution in [1.29, 1.82) is 0 Å². The van der Waals surface area contributed by atoms with Crippen LogP contribution in [0.1, 0.15) is 5.69 Å². The minimum atomic E-state index is 0.260. The van der Waals surface area contributed by atoms with Crippen LogP contribution >= 0.6 is 11.5 Å². The SMILES string of the molecule is OCCN1CCN(Cc2csnn2)CC1. The Morgan fingerprint density at radius 1 is 1.27 bits per heavy atom. The second kappa shape index (κ2) is 5.50. The highest BCUT2D eigenvalue weighted by atomic mass is 32.1. The van der Waals surface area contributed by atoms with Crippen molar-refractivity contribution < 1.29 is 5.11 Å². The number of piperazine rings is 1. The molecule has 1 aromatic rings. The zero-order valence-corrected chi connectivity index (χ0v) is 9.49. The van der Waals surface area contributed by atoms with E-state index >= 15 is 0 Å². The number of aromatic nitrogens is 2. The minimum absolute atomic E-state index is 0.260. The van der Waals surface area contributed by atoms with Crippen molar-refractivity contribution in [2.45, 2.75) is 6.54 Å². The van der Waals surface area contributed by atoms with Crippen molar-refractivity contribution in [3.05, 3.63) is 11.1 Å². The van der Waals surface area contributed by atoms with E-state index in [0.717, 1.165) is 45.0 Å². The van der Waals surface area contributed by atoms with Gasteiger partial charge in [-0.15, -0.1) is 5.10 Å². The van der Waals surface area contributed by atoms with E-state index in [-0.39, 0.29) is 6.61 Å². The molecule has 1 fully saturated rings. The van der Waals surface area contributed by atoms with Crippen LogP contribution in [0.3, 0.4) is 0 Å². The normalized spacial score (nSPS) is 19.5. The molecule has 2 rings (SSSR count). The van der Waals surface area contributed by atoms with E-state index in [1.165, 1.54) is 11.5 Å². The third-order valence-corrected chi connectivity index (χ3v) is 3.23. The maximum absolute atomic E-state index is 8.82. The number of aliphatic hydroxyl groups excluding tert-OH is 1. The van der Waals surface area contributed by atoms with E-state index in [1.807, 2.05) is 5.38 Å². The maximum atomic E-state index is 8.82. The molecule has 0 spiro atoms. The summed E-state index contributed by atoms with van der Waals surface area (Å²) in [5.41, 5.74) is 1.07. The Balaban J connectivity index is 1.74. The fourth-order valence-electron chi connectivity index (χ4n) is 1.79. The van der Waals surface area contributed by atoms with Gasteiger partial charge in [-0.25, -0.2) is 0 Å². The fourth-order valence-corrected chi connectivity index (χ4v) is 2.24. The van der Waals surface area contributed by atoms with E-state index < -0.39 is 0 Å². The number of β-amino-alcohol motifs (C(OH)–C–C–N with tert-alkyl or cyclic N) is 1. The first-order valence-corrected chi connectivity index (χ1v) is 6.03. The molecule has 1 saturated heterocycles. The minimum Gasteiger partial charge on any atom is -0.395 e. The van der Waals surface area contributed by atoms with Crippen molar-refractivity contribution in [2.75, 3.05) is 39.3 Å². The topological polar surface area (TPSA) is 52.5 Å². The van der Waals surface area contributed by atoms with Crippen LogP contribution in [0.25, 0.3) is 0 Å². The number of hydrogen-bond acceptors (Lipinski definition) is 6. The average Bonchev–Trinajstić information content (AvgIpc) is 2.74. The van der Waals surface area contributed by atoms with Crippen LogP contribution in [-0.4, -0.2) is 63.8 Å². The van der Waals surface area contributed by atoms with Gasteiger partial charge in [0.05, 0.1) is 12.3 Å². The first kappa shape index (κ1) is 10.9. The van der Waals surface area contributed by atoms with Gasteiger partial charge in [-0.3, -0.25) is 9.80 Å². The molecular formula is C9H16N4OS. The largest absolute Gasteiger partial charge is 0.395 e. The van der Waals surface area contributed by atoms with Gasteiger partial charge < -0.3 is 5.11 Å². The molecule has 0 aromatic carbocycles. The molecule has 0 radical (unpaired) electrons. The monoisotopic (exact) mass is 228 g/mol. The van der Waals surface area contributed by atoms with Gasteiger partial charge in [0, 0.05) is 44.6 Å². The van der Waals surface area contributed by atoms with E-state index in [9.17, 15) is 0 Å². The molecule has 1 N–H and O–H groups in total. The molecule has 1 aliphatic heterocycles. The predicted molar refractivity (Wildman–Crippen MR) is 58.7 cm³/mol. The Labute approximate surface area is 93.5 Å². The van der Waals surface area contributed by atoms with Gasteiger partial charge in [0.15, 0.2) is 0 Å². The fraction of sp³-hybridized carbons (Fsp3) is 0.778. The highest BCUT2D eigenvalue weighted by Gasteiger charge is 2.16. The summed E-state index contributed by atoms with van der Waals surface area (Å²) in [4.78, 5) is 4.67. The molecule has 6 heteroatoms.